The number of aromatic nitrogens is 1. The summed E-state index contributed by atoms with van der Waals surface area (Å²) in [5.74, 6) is -0.135. The van der Waals surface area contributed by atoms with Crippen LogP contribution in [0.2, 0.25) is 0 Å². The first-order valence-corrected chi connectivity index (χ1v) is 8.10. The van der Waals surface area contributed by atoms with Crippen molar-refractivity contribution in [2.24, 2.45) is 0 Å². The van der Waals surface area contributed by atoms with Crippen LogP contribution in [0.3, 0.4) is 0 Å². The summed E-state index contributed by atoms with van der Waals surface area (Å²) in [5.41, 5.74) is 0.856. The van der Waals surface area contributed by atoms with Crippen molar-refractivity contribution in [1.29, 1.82) is 0 Å². The third-order valence-corrected chi connectivity index (χ3v) is 5.06. The number of ether oxygens (including phenoxy) is 1. The molecule has 1 aromatic carbocycles. The Bertz CT molecular complexity index is 956. The molecule has 3 aromatic rings. The Morgan fingerprint density at radius 2 is 2.00 bits per heavy atom. The molecule has 0 fully saturated rings. The highest BCUT2D eigenvalue weighted by atomic mass is 32.1. The Morgan fingerprint density at radius 3 is 2.74 bits per heavy atom. The van der Waals surface area contributed by atoms with Crippen molar-refractivity contribution in [2.45, 2.75) is 32.5 Å². The van der Waals surface area contributed by atoms with Gasteiger partial charge in [-0.15, -0.1) is 11.3 Å². The zero-order valence-corrected chi connectivity index (χ0v) is 13.5. The summed E-state index contributed by atoms with van der Waals surface area (Å²) in [7, 11) is 0. The lowest BCUT2D eigenvalue weighted by Gasteiger charge is -2.29. The van der Waals surface area contributed by atoms with E-state index in [2.05, 4.69) is 4.98 Å². The van der Waals surface area contributed by atoms with E-state index in [-0.39, 0.29) is 17.3 Å². The van der Waals surface area contributed by atoms with Gasteiger partial charge in [0.1, 0.15) is 16.0 Å². The minimum absolute atomic E-state index is 0.210. The Kier molecular flexibility index (Phi) is 3.14. The van der Waals surface area contributed by atoms with E-state index < -0.39 is 5.63 Å². The summed E-state index contributed by atoms with van der Waals surface area (Å²) in [6, 6.07) is 5.73. The molecule has 0 bridgehead atoms. The molecule has 0 spiro atoms. The average molecular weight is 331 g/mol. The van der Waals surface area contributed by atoms with E-state index >= 15 is 0 Å². The van der Waals surface area contributed by atoms with Crippen LogP contribution in [-0.2, 0) is 17.8 Å². The summed E-state index contributed by atoms with van der Waals surface area (Å²) < 4.78 is 24.2. The van der Waals surface area contributed by atoms with E-state index in [0.717, 1.165) is 10.4 Å². The Hall–Kier alpha value is -2.05. The van der Waals surface area contributed by atoms with Gasteiger partial charge in [0, 0.05) is 16.9 Å². The molecule has 4 nitrogen and oxygen atoms in total. The van der Waals surface area contributed by atoms with Crippen molar-refractivity contribution in [1.82, 2.24) is 4.98 Å². The van der Waals surface area contributed by atoms with Gasteiger partial charge in [-0.25, -0.2) is 14.2 Å². The van der Waals surface area contributed by atoms with Gasteiger partial charge in [-0.2, -0.15) is 0 Å². The number of hydrogen-bond donors (Lipinski definition) is 0. The highest BCUT2D eigenvalue weighted by Gasteiger charge is 2.31. The third kappa shape index (κ3) is 2.48. The molecule has 1 aliphatic rings. The van der Waals surface area contributed by atoms with Gasteiger partial charge in [-0.3, -0.25) is 0 Å². The molecule has 0 amide bonds. The minimum atomic E-state index is -0.399. The van der Waals surface area contributed by atoms with Crippen molar-refractivity contribution < 1.29 is 13.5 Å². The van der Waals surface area contributed by atoms with E-state index in [0.29, 0.717) is 28.8 Å². The Labute approximate surface area is 135 Å². The van der Waals surface area contributed by atoms with E-state index in [4.69, 9.17) is 9.15 Å². The molecule has 1 aliphatic heterocycles. The van der Waals surface area contributed by atoms with Gasteiger partial charge in [-0.1, -0.05) is 0 Å². The molecule has 0 aliphatic carbocycles. The molecular weight excluding hydrogens is 317 g/mol. The first-order chi connectivity index (χ1) is 10.9. The molecule has 4 rings (SSSR count). The molecule has 0 unspecified atom stereocenters. The van der Waals surface area contributed by atoms with Gasteiger partial charge < -0.3 is 9.15 Å². The van der Waals surface area contributed by atoms with Crippen LogP contribution < -0.4 is 5.63 Å². The van der Waals surface area contributed by atoms with E-state index in [9.17, 15) is 9.18 Å². The standard InChI is InChI=1S/C17H14FNO3S/c1-17(2)7-11-12(8-21-17)23-15-13(11)16(20)22-14(19-15)9-3-5-10(18)6-4-9/h3-6H,7-8H2,1-2H3. The summed E-state index contributed by atoms with van der Waals surface area (Å²) in [6.45, 7) is 4.48. The van der Waals surface area contributed by atoms with Crippen molar-refractivity contribution in [2.75, 3.05) is 0 Å². The summed E-state index contributed by atoms with van der Waals surface area (Å²) in [4.78, 5) is 18.6. The SMILES string of the molecule is CC1(C)Cc2c(sc3nc(-c4ccc(F)cc4)oc(=O)c23)CO1. The van der Waals surface area contributed by atoms with Gasteiger partial charge in [0.2, 0.25) is 5.89 Å². The van der Waals surface area contributed by atoms with Gasteiger partial charge >= 0.3 is 5.63 Å². The molecule has 0 radical (unpaired) electrons. The van der Waals surface area contributed by atoms with Crippen LogP contribution in [-0.4, -0.2) is 10.6 Å². The van der Waals surface area contributed by atoms with Crippen molar-refractivity contribution in [3.63, 3.8) is 0 Å². The lowest BCUT2D eigenvalue weighted by molar-refractivity contribution is -0.0379. The largest absolute Gasteiger partial charge is 0.403 e. The average Bonchev–Trinajstić information content (AvgIpc) is 2.84. The molecular formula is C17H14FNO3S. The fourth-order valence-corrected chi connectivity index (χ4v) is 3.88. The highest BCUT2D eigenvalue weighted by Crippen LogP contribution is 2.37. The van der Waals surface area contributed by atoms with Gasteiger partial charge in [-0.05, 0) is 43.7 Å². The van der Waals surface area contributed by atoms with Crippen molar-refractivity contribution >= 4 is 21.6 Å². The normalized spacial score (nSPS) is 16.5. The number of thiophene rings is 1. The maximum absolute atomic E-state index is 13.0. The minimum Gasteiger partial charge on any atom is -0.403 e. The number of halogens is 1. The topological polar surface area (TPSA) is 52.3 Å². The molecule has 0 saturated heterocycles. The van der Waals surface area contributed by atoms with Crippen LogP contribution in [0.1, 0.15) is 24.3 Å². The highest BCUT2D eigenvalue weighted by molar-refractivity contribution is 7.18. The molecule has 0 atom stereocenters. The zero-order chi connectivity index (χ0) is 16.2. The quantitative estimate of drug-likeness (QED) is 0.678. The van der Waals surface area contributed by atoms with E-state index in [1.54, 1.807) is 12.1 Å². The first kappa shape index (κ1) is 14.5. The molecule has 0 N–H and O–H groups in total. The van der Waals surface area contributed by atoms with Crippen LogP contribution in [0.15, 0.2) is 33.5 Å². The third-order valence-electron chi connectivity index (χ3n) is 3.96. The molecule has 2 aromatic heterocycles. The molecule has 118 valence electrons. The summed E-state index contributed by atoms with van der Waals surface area (Å²) >= 11 is 1.46. The van der Waals surface area contributed by atoms with Gasteiger partial charge in [0.05, 0.1) is 12.2 Å². The van der Waals surface area contributed by atoms with E-state index in [1.807, 2.05) is 13.8 Å². The molecule has 3 heterocycles. The number of fused-ring (bicyclic) bond motifs is 3. The maximum Gasteiger partial charge on any atom is 0.348 e. The fourth-order valence-electron chi connectivity index (χ4n) is 2.80. The fraction of sp³-hybridized carbons (Fsp3) is 0.294. The summed E-state index contributed by atoms with van der Waals surface area (Å²) in [5, 5.41) is 0.548. The number of hydrogen-bond acceptors (Lipinski definition) is 5. The Morgan fingerprint density at radius 1 is 1.26 bits per heavy atom. The predicted octanol–water partition coefficient (Wildman–Crippen LogP) is 3.91. The second-order valence-corrected chi connectivity index (χ2v) is 7.31. The smallest absolute Gasteiger partial charge is 0.348 e. The lowest BCUT2D eigenvalue weighted by atomic mass is 9.95. The number of rotatable bonds is 1. The lowest BCUT2D eigenvalue weighted by Crippen LogP contribution is -2.31. The van der Waals surface area contributed by atoms with E-state index in [1.165, 1.54) is 23.5 Å². The van der Waals surface area contributed by atoms with Crippen LogP contribution in [0.25, 0.3) is 21.7 Å². The Balaban J connectivity index is 1.90. The van der Waals surface area contributed by atoms with Crippen LogP contribution in [0.4, 0.5) is 4.39 Å². The zero-order valence-electron chi connectivity index (χ0n) is 12.7. The second-order valence-electron chi connectivity index (χ2n) is 6.22. The second kappa shape index (κ2) is 4.97. The molecule has 0 saturated carbocycles. The first-order valence-electron chi connectivity index (χ1n) is 7.28. The number of benzene rings is 1. The van der Waals surface area contributed by atoms with Crippen LogP contribution >= 0.6 is 11.3 Å². The van der Waals surface area contributed by atoms with Crippen LogP contribution in [0.5, 0.6) is 0 Å². The number of nitrogens with zero attached hydrogens (tertiary/aromatic N) is 1. The predicted molar refractivity (Wildman–Crippen MR) is 86.1 cm³/mol. The van der Waals surface area contributed by atoms with Gasteiger partial charge in [0.25, 0.3) is 0 Å². The maximum atomic E-state index is 13.0. The van der Waals surface area contributed by atoms with Crippen LogP contribution in [0, 0.1) is 5.82 Å². The molecule has 6 heteroatoms. The van der Waals surface area contributed by atoms with Crippen molar-refractivity contribution in [3.8, 4) is 11.5 Å². The summed E-state index contributed by atoms with van der Waals surface area (Å²) in [6.07, 6.45) is 0.657. The van der Waals surface area contributed by atoms with Gasteiger partial charge in [0.15, 0.2) is 0 Å². The van der Waals surface area contributed by atoms with Crippen molar-refractivity contribution in [3.05, 3.63) is 50.9 Å². The monoisotopic (exact) mass is 331 g/mol. The molecule has 23 heavy (non-hydrogen) atoms.